The van der Waals surface area contributed by atoms with Crippen LogP contribution >= 0.6 is 0 Å². The van der Waals surface area contributed by atoms with Gasteiger partial charge in [-0.15, -0.1) is 0 Å². The number of nitrogens with one attached hydrogen (secondary N) is 2. The fourth-order valence-corrected chi connectivity index (χ4v) is 1.54. The quantitative estimate of drug-likeness (QED) is 0.782. The molecule has 17 heavy (non-hydrogen) atoms. The summed E-state index contributed by atoms with van der Waals surface area (Å²) in [6.45, 7) is 5.64. The lowest BCUT2D eigenvalue weighted by Gasteiger charge is -2.19. The van der Waals surface area contributed by atoms with Crippen LogP contribution in [0.5, 0.6) is 0 Å². The largest absolute Gasteiger partial charge is 0.361 e. The molecule has 4 heteroatoms. The van der Waals surface area contributed by atoms with E-state index in [0.717, 1.165) is 10.9 Å². The Hall–Kier alpha value is -1.81. The van der Waals surface area contributed by atoms with Gasteiger partial charge in [0, 0.05) is 17.1 Å². The third kappa shape index (κ3) is 2.65. The molecule has 0 aliphatic rings. The van der Waals surface area contributed by atoms with E-state index in [1.165, 1.54) is 0 Å². The number of benzene rings is 1. The molecule has 0 bridgehead atoms. The number of aromatic nitrogens is 1. The van der Waals surface area contributed by atoms with Gasteiger partial charge in [0.05, 0.1) is 11.2 Å². The van der Waals surface area contributed by atoms with E-state index < -0.39 is 5.60 Å². The van der Waals surface area contributed by atoms with Crippen LogP contribution in [0.1, 0.15) is 31.1 Å². The summed E-state index contributed by atoms with van der Waals surface area (Å²) < 4.78 is 0. The number of aromatic amines is 1. The number of carbonyl (C=O) groups excluding carboxylic acids is 1. The first-order chi connectivity index (χ1) is 7.97. The number of hydrogen-bond donors (Lipinski definition) is 2. The molecule has 0 aliphatic carbocycles. The Morgan fingerprint density at radius 2 is 2.06 bits per heavy atom. The summed E-state index contributed by atoms with van der Waals surface area (Å²) in [6, 6.07) is 7.42. The molecule has 4 nitrogen and oxygen atoms in total. The fourth-order valence-electron chi connectivity index (χ4n) is 1.54. The zero-order valence-corrected chi connectivity index (χ0v) is 10.2. The van der Waals surface area contributed by atoms with Crippen molar-refractivity contribution in [1.82, 2.24) is 10.5 Å². The lowest BCUT2D eigenvalue weighted by Crippen LogP contribution is -2.33. The molecule has 0 fully saturated rings. The molecule has 1 heterocycles. The number of amides is 1. The molecule has 90 valence electrons. The second kappa shape index (κ2) is 4.22. The highest BCUT2D eigenvalue weighted by Gasteiger charge is 2.15. The van der Waals surface area contributed by atoms with Crippen molar-refractivity contribution in [2.24, 2.45) is 0 Å². The summed E-state index contributed by atoms with van der Waals surface area (Å²) in [5.41, 5.74) is 3.61. The highest BCUT2D eigenvalue weighted by Crippen LogP contribution is 2.17. The number of carbonyl (C=O) groups is 1. The molecule has 2 rings (SSSR count). The van der Waals surface area contributed by atoms with Gasteiger partial charge < -0.3 is 4.98 Å². The molecular formula is C13H16N2O2. The molecule has 0 saturated heterocycles. The first kappa shape index (κ1) is 11.7. The zero-order valence-electron chi connectivity index (χ0n) is 10.2. The number of rotatable bonds is 2. The first-order valence-corrected chi connectivity index (χ1v) is 5.52. The molecule has 1 aromatic heterocycles. The molecule has 0 spiro atoms. The van der Waals surface area contributed by atoms with Crippen LogP contribution in [-0.4, -0.2) is 16.5 Å². The van der Waals surface area contributed by atoms with Gasteiger partial charge in [-0.2, -0.15) is 0 Å². The van der Waals surface area contributed by atoms with Gasteiger partial charge in [0.1, 0.15) is 0 Å². The molecule has 0 atom stereocenters. The van der Waals surface area contributed by atoms with Gasteiger partial charge in [-0.05, 0) is 39.0 Å². The van der Waals surface area contributed by atoms with E-state index in [4.69, 9.17) is 4.84 Å². The minimum Gasteiger partial charge on any atom is -0.361 e. The van der Waals surface area contributed by atoms with Crippen molar-refractivity contribution in [3.63, 3.8) is 0 Å². The predicted octanol–water partition coefficient (Wildman–Crippen LogP) is 2.63. The van der Waals surface area contributed by atoms with Crippen molar-refractivity contribution in [3.05, 3.63) is 36.0 Å². The highest BCUT2D eigenvalue weighted by atomic mass is 16.7. The SMILES string of the molecule is CC(C)(C)ONC(=O)c1cccc2[nH]ccc12. The van der Waals surface area contributed by atoms with Crippen molar-refractivity contribution in [3.8, 4) is 0 Å². The van der Waals surface area contributed by atoms with E-state index in [0.29, 0.717) is 5.56 Å². The van der Waals surface area contributed by atoms with Crippen molar-refractivity contribution in [1.29, 1.82) is 0 Å². The normalized spacial score (nSPS) is 11.7. The van der Waals surface area contributed by atoms with Crippen LogP contribution in [0.25, 0.3) is 10.9 Å². The van der Waals surface area contributed by atoms with Crippen LogP contribution < -0.4 is 5.48 Å². The molecule has 1 aromatic carbocycles. The van der Waals surface area contributed by atoms with Crippen molar-refractivity contribution in [2.45, 2.75) is 26.4 Å². The maximum atomic E-state index is 12.0. The molecule has 0 radical (unpaired) electrons. The second-order valence-corrected chi connectivity index (χ2v) is 4.89. The van der Waals surface area contributed by atoms with Crippen molar-refractivity contribution < 1.29 is 9.63 Å². The van der Waals surface area contributed by atoms with Gasteiger partial charge >= 0.3 is 0 Å². The van der Waals surface area contributed by atoms with Crippen LogP contribution in [-0.2, 0) is 4.84 Å². The van der Waals surface area contributed by atoms with E-state index in [1.54, 1.807) is 6.07 Å². The second-order valence-electron chi connectivity index (χ2n) is 4.89. The Labute approximate surface area is 99.9 Å². The summed E-state index contributed by atoms with van der Waals surface area (Å²) in [5.74, 6) is -0.231. The van der Waals surface area contributed by atoms with Gasteiger partial charge in [-0.1, -0.05) is 6.07 Å². The monoisotopic (exact) mass is 232 g/mol. The zero-order chi connectivity index (χ0) is 12.5. The molecule has 2 aromatic rings. The lowest BCUT2D eigenvalue weighted by molar-refractivity contribution is -0.0589. The number of hydroxylamine groups is 1. The Kier molecular flexibility index (Phi) is 2.90. The van der Waals surface area contributed by atoms with E-state index in [1.807, 2.05) is 45.2 Å². The fraction of sp³-hybridized carbons (Fsp3) is 0.308. The van der Waals surface area contributed by atoms with Crippen LogP contribution in [0.4, 0.5) is 0 Å². The van der Waals surface area contributed by atoms with Gasteiger partial charge in [-0.25, -0.2) is 5.48 Å². The lowest BCUT2D eigenvalue weighted by atomic mass is 10.1. The van der Waals surface area contributed by atoms with E-state index in [-0.39, 0.29) is 5.91 Å². The summed E-state index contributed by atoms with van der Waals surface area (Å²) in [5, 5.41) is 0.891. The smallest absolute Gasteiger partial charge is 0.275 e. The van der Waals surface area contributed by atoms with Crippen LogP contribution in [0.3, 0.4) is 0 Å². The standard InChI is InChI=1S/C13H16N2O2/c1-13(2,3)17-15-12(16)10-5-4-6-11-9(10)7-8-14-11/h4-8,14H,1-3H3,(H,15,16). The molecule has 1 amide bonds. The Morgan fingerprint density at radius 1 is 1.29 bits per heavy atom. The van der Waals surface area contributed by atoms with Crippen LogP contribution in [0.15, 0.2) is 30.5 Å². The first-order valence-electron chi connectivity index (χ1n) is 5.52. The average Bonchev–Trinajstić information content (AvgIpc) is 2.72. The number of hydrogen-bond acceptors (Lipinski definition) is 2. The molecule has 0 unspecified atom stereocenters. The van der Waals surface area contributed by atoms with E-state index in [9.17, 15) is 4.79 Å². The third-order valence-electron chi connectivity index (χ3n) is 2.29. The summed E-state index contributed by atoms with van der Waals surface area (Å²) >= 11 is 0. The summed E-state index contributed by atoms with van der Waals surface area (Å²) in [7, 11) is 0. The van der Waals surface area contributed by atoms with E-state index in [2.05, 4.69) is 10.5 Å². The maximum absolute atomic E-state index is 12.0. The van der Waals surface area contributed by atoms with E-state index >= 15 is 0 Å². The van der Waals surface area contributed by atoms with Crippen molar-refractivity contribution >= 4 is 16.8 Å². The summed E-state index contributed by atoms with van der Waals surface area (Å²) in [6.07, 6.45) is 1.81. The molecule has 2 N–H and O–H groups in total. The average molecular weight is 232 g/mol. The minimum absolute atomic E-state index is 0.231. The van der Waals surface area contributed by atoms with Gasteiger partial charge in [0.25, 0.3) is 5.91 Å². The van der Waals surface area contributed by atoms with Crippen LogP contribution in [0.2, 0.25) is 0 Å². The Balaban J connectivity index is 2.22. The minimum atomic E-state index is -0.401. The van der Waals surface area contributed by atoms with Crippen molar-refractivity contribution in [2.75, 3.05) is 0 Å². The maximum Gasteiger partial charge on any atom is 0.275 e. The highest BCUT2D eigenvalue weighted by molar-refractivity contribution is 6.05. The number of H-pyrrole nitrogens is 1. The van der Waals surface area contributed by atoms with Gasteiger partial charge in [0.15, 0.2) is 0 Å². The molecule has 0 saturated carbocycles. The molecule has 0 aliphatic heterocycles. The Morgan fingerprint density at radius 3 is 2.76 bits per heavy atom. The topological polar surface area (TPSA) is 54.1 Å². The van der Waals surface area contributed by atoms with Gasteiger partial charge in [-0.3, -0.25) is 9.63 Å². The third-order valence-corrected chi connectivity index (χ3v) is 2.29. The number of fused-ring (bicyclic) bond motifs is 1. The Bertz CT molecular complexity index is 538. The predicted molar refractivity (Wildman–Crippen MR) is 66.6 cm³/mol. The van der Waals surface area contributed by atoms with Crippen LogP contribution in [0, 0.1) is 0 Å². The van der Waals surface area contributed by atoms with Gasteiger partial charge in [0.2, 0.25) is 0 Å². The molecular weight excluding hydrogens is 216 g/mol. The summed E-state index contributed by atoms with van der Waals surface area (Å²) in [4.78, 5) is 20.3.